The fraction of sp³-hybridized carbons (Fsp3) is 0.538. The van der Waals surface area contributed by atoms with E-state index in [-0.39, 0.29) is 29.4 Å². The lowest BCUT2D eigenvalue weighted by molar-refractivity contribution is 0.226. The summed E-state index contributed by atoms with van der Waals surface area (Å²) in [6, 6.07) is 4.96. The first-order valence-electron chi connectivity index (χ1n) is 6.46. The normalized spacial score (nSPS) is 22.1. The van der Waals surface area contributed by atoms with Gasteiger partial charge in [-0.1, -0.05) is 18.6 Å². The van der Waals surface area contributed by atoms with Crippen molar-refractivity contribution in [2.24, 2.45) is 5.73 Å². The molecule has 20 heavy (non-hydrogen) atoms. The second kappa shape index (κ2) is 6.85. The van der Waals surface area contributed by atoms with Crippen molar-refractivity contribution in [3.63, 3.8) is 0 Å². The summed E-state index contributed by atoms with van der Waals surface area (Å²) < 4.78 is 40.2. The molecule has 1 aliphatic rings. The van der Waals surface area contributed by atoms with Crippen molar-refractivity contribution in [1.82, 2.24) is 4.31 Å². The first-order valence-corrected chi connectivity index (χ1v) is 7.90. The molecule has 0 radical (unpaired) electrons. The van der Waals surface area contributed by atoms with E-state index in [1.54, 1.807) is 6.92 Å². The Labute approximate surface area is 125 Å². The summed E-state index contributed by atoms with van der Waals surface area (Å²) in [7, 11) is -3.81. The highest BCUT2D eigenvalue weighted by Gasteiger charge is 2.36. The predicted molar refractivity (Wildman–Crippen MR) is 78.8 cm³/mol. The number of piperidine rings is 1. The van der Waals surface area contributed by atoms with Crippen molar-refractivity contribution in [2.75, 3.05) is 6.54 Å². The molecule has 2 atom stereocenters. The van der Waals surface area contributed by atoms with Gasteiger partial charge >= 0.3 is 0 Å². The van der Waals surface area contributed by atoms with Crippen molar-refractivity contribution < 1.29 is 12.8 Å². The third kappa shape index (κ3) is 3.31. The van der Waals surface area contributed by atoms with Gasteiger partial charge in [0.25, 0.3) is 0 Å². The first kappa shape index (κ1) is 17.4. The number of hydrogen-bond acceptors (Lipinski definition) is 3. The Bertz CT molecular complexity index is 551. The van der Waals surface area contributed by atoms with Crippen LogP contribution >= 0.6 is 12.4 Å². The summed E-state index contributed by atoms with van der Waals surface area (Å²) in [5, 5.41) is 0. The Kier molecular flexibility index (Phi) is 5.94. The molecule has 1 aliphatic heterocycles. The smallest absolute Gasteiger partial charge is 0.246 e. The first-order chi connectivity index (χ1) is 8.94. The minimum Gasteiger partial charge on any atom is -0.326 e. The van der Waals surface area contributed by atoms with Crippen LogP contribution in [-0.2, 0) is 10.0 Å². The lowest BCUT2D eigenvalue weighted by Crippen LogP contribution is -2.51. The molecule has 1 saturated heterocycles. The molecule has 0 aliphatic carbocycles. The van der Waals surface area contributed by atoms with Crippen LogP contribution in [0.2, 0.25) is 0 Å². The lowest BCUT2D eigenvalue weighted by atomic mass is 10.00. The summed E-state index contributed by atoms with van der Waals surface area (Å²) in [4.78, 5) is -0.262. The molecule has 1 heterocycles. The van der Waals surface area contributed by atoms with Crippen LogP contribution in [0.3, 0.4) is 0 Å². The van der Waals surface area contributed by atoms with Crippen LogP contribution in [0.15, 0.2) is 29.2 Å². The van der Waals surface area contributed by atoms with Gasteiger partial charge in [-0.2, -0.15) is 4.31 Å². The Morgan fingerprint density at radius 3 is 2.60 bits per heavy atom. The fourth-order valence-corrected chi connectivity index (χ4v) is 4.38. The molecule has 0 amide bonds. The largest absolute Gasteiger partial charge is 0.326 e. The zero-order valence-corrected chi connectivity index (χ0v) is 13.0. The second-order valence-electron chi connectivity index (χ2n) is 4.97. The third-order valence-electron chi connectivity index (χ3n) is 3.53. The maximum absolute atomic E-state index is 13.7. The van der Waals surface area contributed by atoms with E-state index in [2.05, 4.69) is 0 Å². The number of sulfonamides is 1. The van der Waals surface area contributed by atoms with Crippen LogP contribution < -0.4 is 5.73 Å². The number of benzene rings is 1. The summed E-state index contributed by atoms with van der Waals surface area (Å²) in [6.45, 7) is 2.20. The molecule has 2 unspecified atom stereocenters. The zero-order chi connectivity index (χ0) is 14.0. The Hall–Kier alpha value is -0.690. The van der Waals surface area contributed by atoms with E-state index in [9.17, 15) is 12.8 Å². The van der Waals surface area contributed by atoms with Gasteiger partial charge in [0, 0.05) is 18.6 Å². The van der Waals surface area contributed by atoms with E-state index in [1.165, 1.54) is 22.5 Å². The van der Waals surface area contributed by atoms with Gasteiger partial charge in [0.05, 0.1) is 0 Å². The van der Waals surface area contributed by atoms with Gasteiger partial charge in [0.2, 0.25) is 10.0 Å². The Balaban J connectivity index is 0.00000200. The highest BCUT2D eigenvalue weighted by atomic mass is 35.5. The van der Waals surface area contributed by atoms with E-state index in [0.717, 1.165) is 25.3 Å². The van der Waals surface area contributed by atoms with Gasteiger partial charge in [-0.3, -0.25) is 0 Å². The van der Waals surface area contributed by atoms with Crippen LogP contribution in [0.5, 0.6) is 0 Å². The van der Waals surface area contributed by atoms with Crippen LogP contribution in [0.4, 0.5) is 4.39 Å². The van der Waals surface area contributed by atoms with Crippen LogP contribution in [0.25, 0.3) is 0 Å². The standard InChI is InChI=1S/C13H19FN2O2S.ClH/c1-10(15)12-7-4-5-9-16(12)19(17,18)13-8-3-2-6-11(13)14;/h2-3,6,8,10,12H,4-5,7,9,15H2,1H3;1H. The van der Waals surface area contributed by atoms with E-state index in [0.29, 0.717) is 6.54 Å². The van der Waals surface area contributed by atoms with Gasteiger partial charge in [-0.05, 0) is 31.9 Å². The predicted octanol–water partition coefficient (Wildman–Crippen LogP) is 2.14. The molecule has 1 fully saturated rings. The molecule has 0 aromatic heterocycles. The molecule has 0 saturated carbocycles. The number of rotatable bonds is 3. The van der Waals surface area contributed by atoms with E-state index >= 15 is 0 Å². The number of hydrogen-bond donors (Lipinski definition) is 1. The molecule has 2 rings (SSSR count). The quantitative estimate of drug-likeness (QED) is 0.927. The molecule has 1 aromatic carbocycles. The average Bonchev–Trinajstić information content (AvgIpc) is 2.39. The van der Waals surface area contributed by atoms with Gasteiger partial charge in [-0.25, -0.2) is 12.8 Å². The summed E-state index contributed by atoms with van der Waals surface area (Å²) in [5.74, 6) is -0.712. The lowest BCUT2D eigenvalue weighted by Gasteiger charge is -2.36. The molecule has 2 N–H and O–H groups in total. The molecular weight excluding hydrogens is 303 g/mol. The van der Waals surface area contributed by atoms with Crippen molar-refractivity contribution in [2.45, 2.75) is 43.2 Å². The summed E-state index contributed by atoms with van der Waals surface area (Å²) in [6.07, 6.45) is 2.47. The van der Waals surface area contributed by atoms with Crippen molar-refractivity contribution in [3.05, 3.63) is 30.1 Å². The summed E-state index contributed by atoms with van der Waals surface area (Å²) >= 11 is 0. The molecule has 0 spiro atoms. The fourth-order valence-electron chi connectivity index (χ4n) is 2.53. The van der Waals surface area contributed by atoms with Gasteiger partial charge in [-0.15, -0.1) is 12.4 Å². The topological polar surface area (TPSA) is 63.4 Å². The summed E-state index contributed by atoms with van der Waals surface area (Å²) in [5.41, 5.74) is 5.87. The van der Waals surface area contributed by atoms with Crippen molar-refractivity contribution in [3.8, 4) is 0 Å². The Morgan fingerprint density at radius 2 is 2.00 bits per heavy atom. The molecule has 1 aromatic rings. The second-order valence-corrected chi connectivity index (χ2v) is 6.83. The molecule has 114 valence electrons. The van der Waals surface area contributed by atoms with Gasteiger partial charge in [0.1, 0.15) is 10.7 Å². The van der Waals surface area contributed by atoms with Gasteiger partial charge in [0.15, 0.2) is 0 Å². The zero-order valence-electron chi connectivity index (χ0n) is 11.3. The maximum atomic E-state index is 13.7. The van der Waals surface area contributed by atoms with E-state index < -0.39 is 15.8 Å². The highest BCUT2D eigenvalue weighted by molar-refractivity contribution is 7.89. The molecule has 4 nitrogen and oxygen atoms in total. The monoisotopic (exact) mass is 322 g/mol. The third-order valence-corrected chi connectivity index (χ3v) is 5.49. The Morgan fingerprint density at radius 1 is 1.35 bits per heavy atom. The van der Waals surface area contributed by atoms with E-state index in [4.69, 9.17) is 5.73 Å². The highest BCUT2D eigenvalue weighted by Crippen LogP contribution is 2.27. The SMILES string of the molecule is CC(N)C1CCCCN1S(=O)(=O)c1ccccc1F.Cl. The molecule has 7 heteroatoms. The van der Waals surface area contributed by atoms with Gasteiger partial charge < -0.3 is 5.73 Å². The maximum Gasteiger partial charge on any atom is 0.246 e. The average molecular weight is 323 g/mol. The van der Waals surface area contributed by atoms with Crippen molar-refractivity contribution in [1.29, 1.82) is 0 Å². The number of halogens is 2. The van der Waals surface area contributed by atoms with Crippen LogP contribution in [0.1, 0.15) is 26.2 Å². The minimum atomic E-state index is -3.81. The minimum absolute atomic E-state index is 0. The van der Waals surface area contributed by atoms with Crippen LogP contribution in [-0.4, -0.2) is 31.4 Å². The van der Waals surface area contributed by atoms with Crippen molar-refractivity contribution >= 4 is 22.4 Å². The molecular formula is C13H20ClFN2O2S. The molecule has 0 bridgehead atoms. The van der Waals surface area contributed by atoms with Crippen LogP contribution in [0, 0.1) is 5.82 Å². The number of nitrogens with two attached hydrogens (primary N) is 1. The number of nitrogens with zero attached hydrogens (tertiary/aromatic N) is 1. The van der Waals surface area contributed by atoms with E-state index in [1.807, 2.05) is 0 Å².